The van der Waals surface area contributed by atoms with Gasteiger partial charge in [0.1, 0.15) is 0 Å². The van der Waals surface area contributed by atoms with Crippen LogP contribution in [0.3, 0.4) is 0 Å². The van der Waals surface area contributed by atoms with Crippen molar-refractivity contribution in [3.8, 4) is 11.5 Å². The summed E-state index contributed by atoms with van der Waals surface area (Å²) in [5.41, 5.74) is 1.02. The highest BCUT2D eigenvalue weighted by Crippen LogP contribution is 2.28. The maximum absolute atomic E-state index is 11.3. The molecular weight excluding hydrogens is 278 g/mol. The van der Waals surface area contributed by atoms with Gasteiger partial charge < -0.3 is 14.8 Å². The van der Waals surface area contributed by atoms with Crippen LogP contribution in [-0.2, 0) is 16.4 Å². The largest absolute Gasteiger partial charge is 0.493 e. The number of methoxy groups -OCH3 is 1. The Bertz CT molecular complexity index is 595. The molecule has 1 heterocycles. The fraction of sp³-hybridized carbons (Fsp3) is 0.429. The molecular formula is C14H19NO4S. The second kappa shape index (κ2) is 6.28. The second-order valence-electron chi connectivity index (χ2n) is 4.56. The average molecular weight is 297 g/mol. The van der Waals surface area contributed by atoms with Crippen LogP contribution in [0.5, 0.6) is 11.5 Å². The molecule has 0 bridgehead atoms. The molecule has 1 aromatic carbocycles. The Labute approximate surface area is 119 Å². The van der Waals surface area contributed by atoms with E-state index < -0.39 is 9.84 Å². The number of rotatable bonds is 6. The lowest BCUT2D eigenvalue weighted by atomic mass is 10.2. The standard InChI is InChI=1S/C14H19NO4S/c1-3-19-14-8-11(4-5-13(14)18-2)9-15-12-6-7-20(16,17)10-12/h4-8,12,15H,3,9-10H2,1-2H3. The van der Waals surface area contributed by atoms with Gasteiger partial charge in [-0.1, -0.05) is 12.1 Å². The molecule has 6 heteroatoms. The number of benzene rings is 1. The SMILES string of the molecule is CCOc1cc(CNC2C=CS(=O)(=O)C2)ccc1OC. The van der Waals surface area contributed by atoms with E-state index in [1.54, 1.807) is 13.2 Å². The summed E-state index contributed by atoms with van der Waals surface area (Å²) in [4.78, 5) is 0. The summed E-state index contributed by atoms with van der Waals surface area (Å²) in [5.74, 6) is 1.52. The second-order valence-corrected chi connectivity index (χ2v) is 6.49. The fourth-order valence-electron chi connectivity index (χ4n) is 2.05. The van der Waals surface area contributed by atoms with Crippen LogP contribution in [-0.4, -0.2) is 33.9 Å². The molecule has 1 N–H and O–H groups in total. The normalized spacial score (nSPS) is 20.0. The average Bonchev–Trinajstić information content (AvgIpc) is 2.77. The minimum absolute atomic E-state index is 0.126. The van der Waals surface area contributed by atoms with E-state index in [0.717, 1.165) is 5.56 Å². The third kappa shape index (κ3) is 3.74. The summed E-state index contributed by atoms with van der Waals surface area (Å²) >= 11 is 0. The van der Waals surface area contributed by atoms with Crippen LogP contribution >= 0.6 is 0 Å². The van der Waals surface area contributed by atoms with E-state index in [0.29, 0.717) is 24.7 Å². The summed E-state index contributed by atoms with van der Waals surface area (Å²) in [6, 6.07) is 5.56. The van der Waals surface area contributed by atoms with Crippen molar-refractivity contribution in [3.05, 3.63) is 35.2 Å². The monoisotopic (exact) mass is 297 g/mol. The molecule has 0 amide bonds. The first-order valence-corrected chi connectivity index (χ1v) is 8.19. The van der Waals surface area contributed by atoms with Gasteiger partial charge in [0.25, 0.3) is 0 Å². The first-order chi connectivity index (χ1) is 9.54. The summed E-state index contributed by atoms with van der Waals surface area (Å²) in [6.07, 6.45) is 1.68. The first-order valence-electron chi connectivity index (χ1n) is 6.48. The van der Waals surface area contributed by atoms with Crippen molar-refractivity contribution in [2.24, 2.45) is 0 Å². The summed E-state index contributed by atoms with van der Waals surface area (Å²) in [6.45, 7) is 3.06. The lowest BCUT2D eigenvalue weighted by molar-refractivity contribution is 0.310. The van der Waals surface area contributed by atoms with Crippen LogP contribution < -0.4 is 14.8 Å². The molecule has 1 atom stereocenters. The Hall–Kier alpha value is -1.53. The highest BCUT2D eigenvalue weighted by atomic mass is 32.2. The van der Waals surface area contributed by atoms with E-state index in [1.807, 2.05) is 25.1 Å². The number of hydrogen-bond donors (Lipinski definition) is 1. The highest BCUT2D eigenvalue weighted by Gasteiger charge is 2.20. The zero-order valence-electron chi connectivity index (χ0n) is 11.6. The maximum Gasteiger partial charge on any atom is 0.173 e. The Kier molecular flexibility index (Phi) is 4.67. The fourth-order valence-corrected chi connectivity index (χ4v) is 3.32. The molecule has 0 aliphatic carbocycles. The van der Waals surface area contributed by atoms with E-state index in [9.17, 15) is 8.42 Å². The number of hydrogen-bond acceptors (Lipinski definition) is 5. The Morgan fingerprint density at radius 3 is 2.75 bits per heavy atom. The molecule has 2 rings (SSSR count). The summed E-state index contributed by atoms with van der Waals surface area (Å²) < 4.78 is 33.4. The summed E-state index contributed by atoms with van der Waals surface area (Å²) in [7, 11) is -1.41. The van der Waals surface area contributed by atoms with Crippen molar-refractivity contribution in [2.75, 3.05) is 19.5 Å². The van der Waals surface area contributed by atoms with Crippen LogP contribution in [0.2, 0.25) is 0 Å². The lowest BCUT2D eigenvalue weighted by Crippen LogP contribution is -2.29. The Morgan fingerprint density at radius 2 is 2.15 bits per heavy atom. The van der Waals surface area contributed by atoms with E-state index in [2.05, 4.69) is 5.32 Å². The van der Waals surface area contributed by atoms with E-state index in [-0.39, 0.29) is 11.8 Å². The summed E-state index contributed by atoms with van der Waals surface area (Å²) in [5, 5.41) is 4.47. The lowest BCUT2D eigenvalue weighted by Gasteiger charge is -2.13. The van der Waals surface area contributed by atoms with Crippen molar-refractivity contribution < 1.29 is 17.9 Å². The zero-order chi connectivity index (χ0) is 14.6. The third-order valence-electron chi connectivity index (χ3n) is 3.03. The van der Waals surface area contributed by atoms with Gasteiger partial charge in [0.15, 0.2) is 21.3 Å². The molecule has 0 radical (unpaired) electrons. The molecule has 0 aromatic heterocycles. The van der Waals surface area contributed by atoms with Gasteiger partial charge in [0, 0.05) is 18.0 Å². The molecule has 0 saturated carbocycles. The van der Waals surface area contributed by atoms with Crippen LogP contribution in [0, 0.1) is 0 Å². The van der Waals surface area contributed by atoms with Gasteiger partial charge in [0.2, 0.25) is 0 Å². The molecule has 0 fully saturated rings. The van der Waals surface area contributed by atoms with Gasteiger partial charge in [-0.2, -0.15) is 0 Å². The molecule has 1 aromatic rings. The van der Waals surface area contributed by atoms with Crippen LogP contribution in [0.25, 0.3) is 0 Å². The number of ether oxygens (including phenoxy) is 2. The topological polar surface area (TPSA) is 64.6 Å². The van der Waals surface area contributed by atoms with Crippen LogP contribution in [0.1, 0.15) is 12.5 Å². The van der Waals surface area contributed by atoms with Gasteiger partial charge in [-0.15, -0.1) is 0 Å². The van der Waals surface area contributed by atoms with Gasteiger partial charge in [-0.25, -0.2) is 8.42 Å². The smallest absolute Gasteiger partial charge is 0.173 e. The number of sulfone groups is 1. The van der Waals surface area contributed by atoms with Crippen molar-refractivity contribution in [3.63, 3.8) is 0 Å². The molecule has 20 heavy (non-hydrogen) atoms. The first kappa shape index (κ1) is 14.9. The molecule has 1 aliphatic heterocycles. The van der Waals surface area contributed by atoms with E-state index >= 15 is 0 Å². The van der Waals surface area contributed by atoms with E-state index in [4.69, 9.17) is 9.47 Å². The molecule has 0 saturated heterocycles. The van der Waals surface area contributed by atoms with Crippen LogP contribution in [0.15, 0.2) is 29.7 Å². The Balaban J connectivity index is 2.00. The highest BCUT2D eigenvalue weighted by molar-refractivity contribution is 7.94. The van der Waals surface area contributed by atoms with E-state index in [1.165, 1.54) is 5.41 Å². The molecule has 110 valence electrons. The minimum Gasteiger partial charge on any atom is -0.493 e. The molecule has 1 unspecified atom stereocenters. The molecule has 5 nitrogen and oxygen atoms in total. The van der Waals surface area contributed by atoms with Crippen molar-refractivity contribution >= 4 is 9.84 Å². The maximum atomic E-state index is 11.3. The van der Waals surface area contributed by atoms with Gasteiger partial charge >= 0.3 is 0 Å². The van der Waals surface area contributed by atoms with Gasteiger partial charge in [0.05, 0.1) is 19.5 Å². The van der Waals surface area contributed by atoms with Crippen molar-refractivity contribution in [2.45, 2.75) is 19.5 Å². The molecule has 1 aliphatic rings. The predicted octanol–water partition coefficient (Wildman–Crippen LogP) is 1.49. The third-order valence-corrected chi connectivity index (χ3v) is 4.42. The van der Waals surface area contributed by atoms with Crippen molar-refractivity contribution in [1.82, 2.24) is 5.32 Å². The predicted molar refractivity (Wildman–Crippen MR) is 77.7 cm³/mol. The zero-order valence-corrected chi connectivity index (χ0v) is 12.4. The van der Waals surface area contributed by atoms with Gasteiger partial charge in [-0.3, -0.25) is 0 Å². The van der Waals surface area contributed by atoms with Crippen molar-refractivity contribution in [1.29, 1.82) is 0 Å². The number of nitrogens with one attached hydrogen (secondary N) is 1. The van der Waals surface area contributed by atoms with Crippen LogP contribution in [0.4, 0.5) is 0 Å². The molecule has 0 spiro atoms. The minimum atomic E-state index is -3.02. The quantitative estimate of drug-likeness (QED) is 0.862. The Morgan fingerprint density at radius 1 is 1.35 bits per heavy atom. The van der Waals surface area contributed by atoms with Gasteiger partial charge in [-0.05, 0) is 24.6 Å².